The first kappa shape index (κ1) is 20.0. The Hall–Kier alpha value is -2.79. The molecule has 1 unspecified atom stereocenters. The number of benzene rings is 2. The Morgan fingerprint density at radius 1 is 1.14 bits per heavy atom. The minimum atomic E-state index is -0.0878. The van der Waals surface area contributed by atoms with Gasteiger partial charge in [0, 0.05) is 5.56 Å². The van der Waals surface area contributed by atoms with E-state index in [1.807, 2.05) is 54.8 Å². The van der Waals surface area contributed by atoms with Crippen LogP contribution in [0.25, 0.3) is 0 Å². The van der Waals surface area contributed by atoms with Crippen LogP contribution in [0.3, 0.4) is 0 Å². The largest absolute Gasteiger partial charge is 0.497 e. The summed E-state index contributed by atoms with van der Waals surface area (Å²) in [5, 5.41) is 5.01. The van der Waals surface area contributed by atoms with Gasteiger partial charge in [0.2, 0.25) is 0 Å². The summed E-state index contributed by atoms with van der Waals surface area (Å²) in [4.78, 5) is 13.3. The lowest BCUT2D eigenvalue weighted by molar-refractivity contribution is 0.0944. The third-order valence-corrected chi connectivity index (χ3v) is 5.77. The fraction of sp³-hybridized carbons (Fsp3) is 0.261. The Kier molecular flexibility index (Phi) is 6.37. The van der Waals surface area contributed by atoms with Gasteiger partial charge >= 0.3 is 0 Å². The molecule has 3 rings (SSSR count). The van der Waals surface area contributed by atoms with E-state index < -0.39 is 0 Å². The van der Waals surface area contributed by atoms with Crippen LogP contribution < -0.4 is 14.8 Å². The third kappa shape index (κ3) is 4.73. The molecule has 4 nitrogen and oxygen atoms in total. The number of amides is 1. The predicted molar refractivity (Wildman–Crippen MR) is 113 cm³/mol. The zero-order chi connectivity index (χ0) is 20.1. The highest BCUT2D eigenvalue weighted by Crippen LogP contribution is 2.24. The Bertz CT molecular complexity index is 947. The lowest BCUT2D eigenvalue weighted by atomic mass is 10.1. The SMILES string of the molecule is COc1ccc(C(C)NC(=O)c2cc(COc3cccc(C)c3C)cs2)cc1. The van der Waals surface area contributed by atoms with Crippen LogP contribution in [0.5, 0.6) is 11.5 Å². The van der Waals surface area contributed by atoms with Crippen LogP contribution in [-0.4, -0.2) is 13.0 Å². The first-order valence-electron chi connectivity index (χ1n) is 9.19. The molecule has 1 heterocycles. The number of rotatable bonds is 7. The van der Waals surface area contributed by atoms with E-state index in [-0.39, 0.29) is 11.9 Å². The fourth-order valence-electron chi connectivity index (χ4n) is 2.86. The number of thiophene rings is 1. The van der Waals surface area contributed by atoms with Gasteiger partial charge in [-0.1, -0.05) is 24.3 Å². The maximum absolute atomic E-state index is 12.6. The molecule has 1 amide bonds. The molecule has 0 saturated carbocycles. The molecule has 5 heteroatoms. The van der Waals surface area contributed by atoms with E-state index in [0.29, 0.717) is 11.5 Å². The number of hydrogen-bond donors (Lipinski definition) is 1. The van der Waals surface area contributed by atoms with Gasteiger partial charge < -0.3 is 14.8 Å². The number of carbonyl (C=O) groups excluding carboxylic acids is 1. The number of hydrogen-bond acceptors (Lipinski definition) is 4. The van der Waals surface area contributed by atoms with E-state index in [2.05, 4.69) is 25.2 Å². The van der Waals surface area contributed by atoms with Gasteiger partial charge in [0.25, 0.3) is 5.91 Å². The van der Waals surface area contributed by atoms with Gasteiger partial charge in [0.05, 0.1) is 18.0 Å². The van der Waals surface area contributed by atoms with Crippen LogP contribution in [0, 0.1) is 13.8 Å². The highest BCUT2D eigenvalue weighted by atomic mass is 32.1. The molecule has 0 radical (unpaired) electrons. The smallest absolute Gasteiger partial charge is 0.261 e. The third-order valence-electron chi connectivity index (χ3n) is 4.79. The van der Waals surface area contributed by atoms with E-state index in [4.69, 9.17) is 9.47 Å². The number of ether oxygens (including phenoxy) is 2. The van der Waals surface area contributed by atoms with Gasteiger partial charge in [-0.15, -0.1) is 11.3 Å². The van der Waals surface area contributed by atoms with Crippen molar-refractivity contribution in [3.05, 3.63) is 81.0 Å². The first-order chi connectivity index (χ1) is 13.5. The summed E-state index contributed by atoms with van der Waals surface area (Å²) in [5.74, 6) is 1.60. The molecule has 0 aliphatic rings. The molecule has 0 bridgehead atoms. The number of methoxy groups -OCH3 is 1. The molecule has 0 spiro atoms. The van der Waals surface area contributed by atoms with E-state index in [1.165, 1.54) is 16.9 Å². The van der Waals surface area contributed by atoms with Crippen molar-refractivity contribution in [2.75, 3.05) is 7.11 Å². The van der Waals surface area contributed by atoms with Crippen molar-refractivity contribution in [1.29, 1.82) is 0 Å². The zero-order valence-corrected chi connectivity index (χ0v) is 17.4. The van der Waals surface area contributed by atoms with E-state index in [1.54, 1.807) is 7.11 Å². The van der Waals surface area contributed by atoms with Crippen molar-refractivity contribution in [1.82, 2.24) is 5.32 Å². The van der Waals surface area contributed by atoms with E-state index in [0.717, 1.165) is 28.2 Å². The summed E-state index contributed by atoms with van der Waals surface area (Å²) in [6.45, 7) is 6.54. The predicted octanol–water partition coefficient (Wildman–Crippen LogP) is 5.44. The molecule has 1 aromatic heterocycles. The average molecular weight is 396 g/mol. The van der Waals surface area contributed by atoms with Crippen LogP contribution >= 0.6 is 11.3 Å². The van der Waals surface area contributed by atoms with Gasteiger partial charge in [0.1, 0.15) is 18.1 Å². The standard InChI is InChI=1S/C23H25NO3S/c1-15-6-5-7-21(16(15)2)27-13-18-12-22(28-14-18)23(25)24-17(3)19-8-10-20(26-4)11-9-19/h5-12,14,17H,13H2,1-4H3,(H,24,25). The summed E-state index contributed by atoms with van der Waals surface area (Å²) in [5.41, 5.74) is 4.37. The second-order valence-corrected chi connectivity index (χ2v) is 7.69. The van der Waals surface area contributed by atoms with Gasteiger partial charge in [-0.05, 0) is 67.1 Å². The first-order valence-corrected chi connectivity index (χ1v) is 10.1. The van der Waals surface area contributed by atoms with Crippen LogP contribution in [0.1, 0.15) is 44.9 Å². The van der Waals surface area contributed by atoms with Gasteiger partial charge in [-0.3, -0.25) is 4.79 Å². The molecular formula is C23H25NO3S. The van der Waals surface area contributed by atoms with Crippen molar-refractivity contribution in [3.63, 3.8) is 0 Å². The molecule has 0 aliphatic carbocycles. The van der Waals surface area contributed by atoms with Crippen LogP contribution in [-0.2, 0) is 6.61 Å². The second kappa shape index (κ2) is 8.93. The molecule has 2 aromatic carbocycles. The van der Waals surface area contributed by atoms with Crippen molar-refractivity contribution >= 4 is 17.2 Å². The Morgan fingerprint density at radius 2 is 1.89 bits per heavy atom. The van der Waals surface area contributed by atoms with Crippen LogP contribution in [0.15, 0.2) is 53.9 Å². The minimum absolute atomic E-state index is 0.0775. The summed E-state index contributed by atoms with van der Waals surface area (Å²) in [6, 6.07) is 15.5. The second-order valence-electron chi connectivity index (χ2n) is 6.77. The monoisotopic (exact) mass is 395 g/mol. The summed E-state index contributed by atoms with van der Waals surface area (Å²) < 4.78 is 11.1. The molecule has 0 fully saturated rings. The number of carbonyl (C=O) groups is 1. The van der Waals surface area contributed by atoms with Crippen molar-refractivity contribution < 1.29 is 14.3 Å². The molecule has 0 saturated heterocycles. The van der Waals surface area contributed by atoms with Crippen LogP contribution in [0.4, 0.5) is 0 Å². The number of aryl methyl sites for hydroxylation is 1. The Balaban J connectivity index is 1.59. The highest BCUT2D eigenvalue weighted by Gasteiger charge is 2.14. The lowest BCUT2D eigenvalue weighted by Gasteiger charge is -2.14. The molecule has 1 atom stereocenters. The minimum Gasteiger partial charge on any atom is -0.497 e. The fourth-order valence-corrected chi connectivity index (χ4v) is 3.66. The van der Waals surface area contributed by atoms with E-state index >= 15 is 0 Å². The summed E-state index contributed by atoms with van der Waals surface area (Å²) in [6.07, 6.45) is 0. The molecule has 3 aromatic rings. The van der Waals surface area contributed by atoms with E-state index in [9.17, 15) is 4.79 Å². The maximum atomic E-state index is 12.6. The quantitative estimate of drug-likeness (QED) is 0.579. The topological polar surface area (TPSA) is 47.6 Å². The molecule has 28 heavy (non-hydrogen) atoms. The zero-order valence-electron chi connectivity index (χ0n) is 16.6. The molecule has 0 aliphatic heterocycles. The van der Waals surface area contributed by atoms with Gasteiger partial charge in [-0.2, -0.15) is 0 Å². The Morgan fingerprint density at radius 3 is 2.61 bits per heavy atom. The van der Waals surface area contributed by atoms with Crippen molar-refractivity contribution in [2.45, 2.75) is 33.4 Å². The number of nitrogens with one attached hydrogen (secondary N) is 1. The van der Waals surface area contributed by atoms with Crippen molar-refractivity contribution in [2.24, 2.45) is 0 Å². The summed E-state index contributed by atoms with van der Waals surface area (Å²) >= 11 is 1.43. The molecule has 146 valence electrons. The molecular weight excluding hydrogens is 370 g/mol. The van der Waals surface area contributed by atoms with Gasteiger partial charge in [-0.25, -0.2) is 0 Å². The Labute approximate surface area is 170 Å². The van der Waals surface area contributed by atoms with Crippen molar-refractivity contribution in [3.8, 4) is 11.5 Å². The average Bonchev–Trinajstić information content (AvgIpc) is 3.18. The van der Waals surface area contributed by atoms with Gasteiger partial charge in [0.15, 0.2) is 0 Å². The lowest BCUT2D eigenvalue weighted by Crippen LogP contribution is -2.25. The molecule has 1 N–H and O–H groups in total. The maximum Gasteiger partial charge on any atom is 0.261 e. The van der Waals surface area contributed by atoms with Crippen LogP contribution in [0.2, 0.25) is 0 Å². The highest BCUT2D eigenvalue weighted by molar-refractivity contribution is 7.12. The normalized spacial score (nSPS) is 11.7. The summed E-state index contributed by atoms with van der Waals surface area (Å²) in [7, 11) is 1.64.